The molecule has 84 valence electrons. The molecule has 0 aromatic carbocycles. The molecule has 1 aliphatic rings. The van der Waals surface area contributed by atoms with Crippen LogP contribution in [0, 0.1) is 0 Å². The van der Waals surface area contributed by atoms with Gasteiger partial charge in [-0.25, -0.2) is 4.79 Å². The summed E-state index contributed by atoms with van der Waals surface area (Å²) < 4.78 is 0. The van der Waals surface area contributed by atoms with Crippen LogP contribution in [-0.2, 0) is 9.59 Å². The average molecular weight is 212 g/mol. The third kappa shape index (κ3) is 5.85. The van der Waals surface area contributed by atoms with Gasteiger partial charge in [-0.1, -0.05) is 5.57 Å². The number of carbonyl (C=O) groups excluding carboxylic acids is 1. The maximum Gasteiger partial charge on any atom is 0.328 e. The zero-order chi connectivity index (χ0) is 11.3. The number of amides is 1. The van der Waals surface area contributed by atoms with E-state index in [4.69, 9.17) is 5.11 Å². The van der Waals surface area contributed by atoms with Crippen LogP contribution in [0.1, 0.15) is 19.8 Å². The summed E-state index contributed by atoms with van der Waals surface area (Å²) in [6.07, 6.45) is 3.28. The number of hydrogen-bond acceptors (Lipinski definition) is 3. The van der Waals surface area contributed by atoms with Crippen LogP contribution in [0.3, 0.4) is 0 Å². The Bertz CT molecular complexity index is 282. The van der Waals surface area contributed by atoms with Gasteiger partial charge in [0.05, 0.1) is 6.54 Å². The van der Waals surface area contributed by atoms with Gasteiger partial charge < -0.3 is 15.7 Å². The lowest BCUT2D eigenvalue weighted by Gasteiger charge is -2.05. The number of aliphatic carboxylic acids is 1. The molecule has 0 aromatic heterocycles. The minimum absolute atomic E-state index is 0.0272. The molecule has 0 unspecified atom stereocenters. The van der Waals surface area contributed by atoms with Gasteiger partial charge in [-0.15, -0.1) is 0 Å². The van der Waals surface area contributed by atoms with Crippen molar-refractivity contribution in [2.75, 3.05) is 13.1 Å². The fourth-order valence-electron chi connectivity index (χ4n) is 1.14. The summed E-state index contributed by atoms with van der Waals surface area (Å²) in [5, 5.41) is 14.1. The van der Waals surface area contributed by atoms with Crippen molar-refractivity contribution >= 4 is 11.9 Å². The number of nitrogens with one attached hydrogen (secondary N) is 2. The van der Waals surface area contributed by atoms with Crippen molar-refractivity contribution in [3.63, 3.8) is 0 Å². The summed E-state index contributed by atoms with van der Waals surface area (Å²) in [7, 11) is 0. The van der Waals surface area contributed by atoms with Crippen LogP contribution in [-0.4, -0.2) is 36.1 Å². The fourth-order valence-corrected chi connectivity index (χ4v) is 1.14. The van der Waals surface area contributed by atoms with Crippen LogP contribution < -0.4 is 10.6 Å². The Kier molecular flexibility index (Phi) is 4.30. The van der Waals surface area contributed by atoms with Crippen molar-refractivity contribution in [1.29, 1.82) is 0 Å². The monoisotopic (exact) mass is 212 g/mol. The van der Waals surface area contributed by atoms with Gasteiger partial charge in [-0.3, -0.25) is 4.79 Å². The summed E-state index contributed by atoms with van der Waals surface area (Å²) in [5.74, 6) is -0.989. The van der Waals surface area contributed by atoms with E-state index in [1.807, 2.05) is 0 Å². The first-order valence-electron chi connectivity index (χ1n) is 4.98. The number of rotatable bonds is 6. The van der Waals surface area contributed by atoms with E-state index >= 15 is 0 Å². The largest absolute Gasteiger partial charge is 0.478 e. The fraction of sp³-hybridized carbons (Fsp3) is 0.600. The molecule has 5 heteroatoms. The van der Waals surface area contributed by atoms with E-state index in [0.717, 1.165) is 18.9 Å². The van der Waals surface area contributed by atoms with Gasteiger partial charge in [0.25, 0.3) is 0 Å². The van der Waals surface area contributed by atoms with Gasteiger partial charge in [-0.2, -0.15) is 0 Å². The molecule has 5 nitrogen and oxygen atoms in total. The second-order valence-electron chi connectivity index (χ2n) is 3.77. The zero-order valence-corrected chi connectivity index (χ0v) is 8.75. The predicted molar refractivity (Wildman–Crippen MR) is 55.4 cm³/mol. The number of carbonyl (C=O) groups is 2. The van der Waals surface area contributed by atoms with Crippen LogP contribution in [0.5, 0.6) is 0 Å². The van der Waals surface area contributed by atoms with Gasteiger partial charge >= 0.3 is 5.97 Å². The summed E-state index contributed by atoms with van der Waals surface area (Å²) in [6, 6.07) is 0.370. The van der Waals surface area contributed by atoms with Crippen molar-refractivity contribution < 1.29 is 14.7 Å². The lowest BCUT2D eigenvalue weighted by Crippen LogP contribution is -2.35. The molecule has 15 heavy (non-hydrogen) atoms. The number of carboxylic acid groups (broad SMARTS) is 1. The van der Waals surface area contributed by atoms with E-state index < -0.39 is 5.97 Å². The van der Waals surface area contributed by atoms with Crippen LogP contribution in [0.25, 0.3) is 0 Å². The van der Waals surface area contributed by atoms with E-state index in [1.165, 1.54) is 0 Å². The van der Waals surface area contributed by atoms with Gasteiger partial charge in [0, 0.05) is 18.7 Å². The van der Waals surface area contributed by atoms with Crippen LogP contribution in [0.15, 0.2) is 11.6 Å². The maximum atomic E-state index is 11.2. The topological polar surface area (TPSA) is 78.4 Å². The second-order valence-corrected chi connectivity index (χ2v) is 3.77. The lowest BCUT2D eigenvalue weighted by atomic mass is 10.3. The third-order valence-corrected chi connectivity index (χ3v) is 2.00. The molecular weight excluding hydrogens is 196 g/mol. The molecule has 0 heterocycles. The van der Waals surface area contributed by atoms with Gasteiger partial charge in [0.2, 0.25) is 5.91 Å². The average Bonchev–Trinajstić information content (AvgIpc) is 2.86. The Morgan fingerprint density at radius 1 is 1.40 bits per heavy atom. The highest BCUT2D eigenvalue weighted by molar-refractivity contribution is 5.80. The predicted octanol–water partition coefficient (Wildman–Crippen LogP) is -0.114. The SMILES string of the molecule is CC(=CC(=O)O)CNCC(=O)NC1CC1. The molecule has 0 atom stereocenters. The lowest BCUT2D eigenvalue weighted by molar-refractivity contribution is -0.131. The molecule has 1 aliphatic carbocycles. The third-order valence-electron chi connectivity index (χ3n) is 2.00. The molecule has 0 aromatic rings. The van der Waals surface area contributed by atoms with Crippen molar-refractivity contribution in [3.05, 3.63) is 11.6 Å². The summed E-state index contributed by atoms with van der Waals surface area (Å²) in [5.41, 5.74) is 0.696. The molecule has 0 aliphatic heterocycles. The molecule has 3 N–H and O–H groups in total. The number of hydrogen-bond donors (Lipinski definition) is 3. The Labute approximate surface area is 88.5 Å². The van der Waals surface area contributed by atoms with Gasteiger partial charge in [-0.05, 0) is 19.8 Å². The van der Waals surface area contributed by atoms with E-state index in [9.17, 15) is 9.59 Å². The highest BCUT2D eigenvalue weighted by atomic mass is 16.4. The first kappa shape index (κ1) is 11.7. The Morgan fingerprint density at radius 2 is 2.07 bits per heavy atom. The number of carboxylic acids is 1. The van der Waals surface area contributed by atoms with E-state index in [1.54, 1.807) is 6.92 Å². The highest BCUT2D eigenvalue weighted by Gasteiger charge is 2.22. The Morgan fingerprint density at radius 3 is 2.60 bits per heavy atom. The molecule has 1 fully saturated rings. The summed E-state index contributed by atoms with van der Waals surface area (Å²) in [6.45, 7) is 2.37. The molecule has 0 saturated heterocycles. The molecule has 0 radical (unpaired) electrons. The molecule has 1 rings (SSSR count). The maximum absolute atomic E-state index is 11.2. The van der Waals surface area contributed by atoms with E-state index in [2.05, 4.69) is 10.6 Å². The minimum Gasteiger partial charge on any atom is -0.478 e. The van der Waals surface area contributed by atoms with E-state index in [0.29, 0.717) is 18.2 Å². The van der Waals surface area contributed by atoms with Crippen molar-refractivity contribution in [3.8, 4) is 0 Å². The van der Waals surface area contributed by atoms with Crippen LogP contribution >= 0.6 is 0 Å². The van der Waals surface area contributed by atoms with E-state index in [-0.39, 0.29) is 12.5 Å². The first-order valence-corrected chi connectivity index (χ1v) is 4.98. The standard InChI is InChI=1S/C10H16N2O3/c1-7(4-10(14)15)5-11-6-9(13)12-8-2-3-8/h4,8,11H,2-3,5-6H2,1H3,(H,12,13)(H,14,15). The minimum atomic E-state index is -0.961. The normalized spacial score (nSPS) is 16.2. The molecule has 0 spiro atoms. The quantitative estimate of drug-likeness (QED) is 0.537. The van der Waals surface area contributed by atoms with Crippen molar-refractivity contribution in [2.45, 2.75) is 25.8 Å². The molecule has 0 bridgehead atoms. The first-order chi connectivity index (χ1) is 7.08. The Balaban J connectivity index is 2.09. The molecule has 1 saturated carbocycles. The zero-order valence-electron chi connectivity index (χ0n) is 8.75. The summed E-state index contributed by atoms with van der Waals surface area (Å²) in [4.78, 5) is 21.5. The van der Waals surface area contributed by atoms with Gasteiger partial charge in [0.1, 0.15) is 0 Å². The van der Waals surface area contributed by atoms with Crippen molar-refractivity contribution in [1.82, 2.24) is 10.6 Å². The van der Waals surface area contributed by atoms with Crippen LogP contribution in [0.4, 0.5) is 0 Å². The second kappa shape index (κ2) is 5.50. The molecular formula is C10H16N2O3. The highest BCUT2D eigenvalue weighted by Crippen LogP contribution is 2.18. The Hall–Kier alpha value is -1.36. The van der Waals surface area contributed by atoms with Crippen LogP contribution in [0.2, 0.25) is 0 Å². The molecule has 1 amide bonds. The summed E-state index contributed by atoms with van der Waals surface area (Å²) >= 11 is 0. The smallest absolute Gasteiger partial charge is 0.328 e. The van der Waals surface area contributed by atoms with Gasteiger partial charge in [0.15, 0.2) is 0 Å². The van der Waals surface area contributed by atoms with Crippen molar-refractivity contribution in [2.24, 2.45) is 0 Å².